The lowest BCUT2D eigenvalue weighted by Gasteiger charge is -2.20. The molecule has 2 N–H and O–H groups in total. The fourth-order valence-electron chi connectivity index (χ4n) is 2.51. The van der Waals surface area contributed by atoms with Crippen LogP contribution in [-0.2, 0) is 14.3 Å². The number of ketones is 1. The number of Topliss-reactive ketones (excluding diaryl/α,β-unsaturated/α-hetero) is 1. The number of aliphatic carboxylic acids is 1. The minimum Gasteiger partial charge on any atom is -0.492 e. The first-order valence-corrected chi connectivity index (χ1v) is 10.0. The van der Waals surface area contributed by atoms with Crippen molar-refractivity contribution in [2.24, 2.45) is 5.92 Å². The van der Waals surface area contributed by atoms with Gasteiger partial charge in [0.25, 0.3) is 0 Å². The minimum atomic E-state index is -0.946. The smallest absolute Gasteiger partial charge is 0.307 e. The third-order valence-electron chi connectivity index (χ3n) is 3.82. The predicted octanol–water partition coefficient (Wildman–Crippen LogP) is 3.61. The number of hydrogen-bond acceptors (Lipinski definition) is 5. The Morgan fingerprint density at radius 3 is 2.56 bits per heavy atom. The zero-order valence-electron chi connectivity index (χ0n) is 15.6. The molecule has 0 radical (unpaired) electrons. The lowest BCUT2D eigenvalue weighted by atomic mass is 9.95. The molecule has 0 aliphatic carbocycles. The van der Waals surface area contributed by atoms with Gasteiger partial charge in [0.05, 0.1) is 12.0 Å². The van der Waals surface area contributed by atoms with Crippen LogP contribution in [0.15, 0.2) is 67.5 Å². The van der Waals surface area contributed by atoms with Gasteiger partial charge in [-0.15, -0.1) is 0 Å². The van der Waals surface area contributed by atoms with Crippen LogP contribution in [0.5, 0.6) is 0 Å². The molecule has 0 aliphatic rings. The first kappa shape index (κ1) is 22.7. The Morgan fingerprint density at radius 2 is 2.00 bits per heavy atom. The van der Waals surface area contributed by atoms with Crippen molar-refractivity contribution in [2.75, 3.05) is 25.2 Å². The predicted molar refractivity (Wildman–Crippen MR) is 111 cm³/mol. The number of benzene rings is 1. The Bertz CT molecular complexity index is 657. The SMILES string of the molecule is C=C/C=C(\C=C)OCCN[C@@H](C(=O)C[C@@H](CSC)C(=O)O)c1ccccc1. The van der Waals surface area contributed by atoms with Gasteiger partial charge in [0.2, 0.25) is 0 Å². The molecule has 5 nitrogen and oxygen atoms in total. The number of ether oxygens (including phenoxy) is 1. The average molecular weight is 390 g/mol. The highest BCUT2D eigenvalue weighted by atomic mass is 32.2. The van der Waals surface area contributed by atoms with E-state index in [-0.39, 0.29) is 12.2 Å². The van der Waals surface area contributed by atoms with E-state index in [9.17, 15) is 14.7 Å². The molecular formula is C21H27NO4S. The molecule has 6 heteroatoms. The number of thioether (sulfide) groups is 1. The van der Waals surface area contributed by atoms with Gasteiger partial charge >= 0.3 is 5.97 Å². The van der Waals surface area contributed by atoms with E-state index in [1.807, 2.05) is 36.6 Å². The van der Waals surface area contributed by atoms with Gasteiger partial charge in [-0.2, -0.15) is 11.8 Å². The molecule has 0 heterocycles. The van der Waals surface area contributed by atoms with Crippen molar-refractivity contribution in [3.05, 3.63) is 73.0 Å². The molecular weight excluding hydrogens is 362 g/mol. The number of carboxylic acid groups (broad SMARTS) is 1. The van der Waals surface area contributed by atoms with Gasteiger partial charge in [-0.1, -0.05) is 49.6 Å². The highest BCUT2D eigenvalue weighted by molar-refractivity contribution is 7.98. The Labute approximate surface area is 165 Å². The van der Waals surface area contributed by atoms with Crippen molar-refractivity contribution >= 4 is 23.5 Å². The Hall–Kier alpha value is -2.31. The zero-order valence-corrected chi connectivity index (χ0v) is 16.4. The lowest BCUT2D eigenvalue weighted by molar-refractivity contribution is -0.143. The van der Waals surface area contributed by atoms with Gasteiger partial charge in [-0.3, -0.25) is 9.59 Å². The number of carboxylic acids is 1. The maximum atomic E-state index is 12.8. The number of carbonyl (C=O) groups excluding carboxylic acids is 1. The number of nitrogens with one attached hydrogen (secondary N) is 1. The van der Waals surface area contributed by atoms with E-state index >= 15 is 0 Å². The van der Waals surface area contributed by atoms with E-state index in [2.05, 4.69) is 18.5 Å². The summed E-state index contributed by atoms with van der Waals surface area (Å²) in [5.41, 5.74) is 0.807. The summed E-state index contributed by atoms with van der Waals surface area (Å²) in [7, 11) is 0. The van der Waals surface area contributed by atoms with E-state index in [1.54, 1.807) is 18.2 Å². The summed E-state index contributed by atoms with van der Waals surface area (Å²) in [6, 6.07) is 8.72. The van der Waals surface area contributed by atoms with Crippen LogP contribution in [0.1, 0.15) is 18.0 Å². The van der Waals surface area contributed by atoms with E-state index in [0.717, 1.165) is 5.56 Å². The van der Waals surface area contributed by atoms with Crippen LogP contribution in [-0.4, -0.2) is 42.0 Å². The minimum absolute atomic E-state index is 0.0160. The number of hydrogen-bond donors (Lipinski definition) is 2. The molecule has 0 unspecified atom stereocenters. The Balaban J connectivity index is 2.78. The van der Waals surface area contributed by atoms with E-state index < -0.39 is 17.9 Å². The number of carbonyl (C=O) groups is 2. The second-order valence-corrected chi connectivity index (χ2v) is 6.73. The van der Waals surface area contributed by atoms with Crippen molar-refractivity contribution in [3.63, 3.8) is 0 Å². The summed E-state index contributed by atoms with van der Waals surface area (Å²) in [6.07, 6.45) is 6.71. The summed E-state index contributed by atoms with van der Waals surface area (Å²) in [6.45, 7) is 8.04. The second-order valence-electron chi connectivity index (χ2n) is 5.82. The molecule has 1 aromatic carbocycles. The number of rotatable bonds is 14. The van der Waals surface area contributed by atoms with Gasteiger partial charge in [-0.05, 0) is 24.0 Å². The van der Waals surface area contributed by atoms with Gasteiger partial charge < -0.3 is 15.2 Å². The van der Waals surface area contributed by atoms with Gasteiger partial charge in [0.1, 0.15) is 12.4 Å². The molecule has 27 heavy (non-hydrogen) atoms. The third kappa shape index (κ3) is 8.28. The van der Waals surface area contributed by atoms with Crippen LogP contribution in [0.25, 0.3) is 0 Å². The summed E-state index contributed by atoms with van der Waals surface area (Å²) < 4.78 is 5.56. The van der Waals surface area contributed by atoms with Crippen molar-refractivity contribution in [1.29, 1.82) is 0 Å². The molecule has 2 atom stereocenters. The van der Waals surface area contributed by atoms with Crippen LogP contribution >= 0.6 is 11.8 Å². The highest BCUT2D eigenvalue weighted by Gasteiger charge is 2.26. The maximum Gasteiger partial charge on any atom is 0.307 e. The van der Waals surface area contributed by atoms with Crippen molar-refractivity contribution in [3.8, 4) is 0 Å². The molecule has 146 valence electrons. The third-order valence-corrected chi connectivity index (χ3v) is 4.56. The lowest BCUT2D eigenvalue weighted by Crippen LogP contribution is -2.33. The zero-order chi connectivity index (χ0) is 20.1. The van der Waals surface area contributed by atoms with Gasteiger partial charge in [-0.25, -0.2) is 0 Å². The average Bonchev–Trinajstić information content (AvgIpc) is 2.67. The normalized spacial score (nSPS) is 13.4. The highest BCUT2D eigenvalue weighted by Crippen LogP contribution is 2.20. The molecule has 0 saturated heterocycles. The van der Waals surface area contributed by atoms with Crippen LogP contribution in [0, 0.1) is 5.92 Å². The van der Waals surface area contributed by atoms with Crippen molar-refractivity contribution < 1.29 is 19.4 Å². The summed E-state index contributed by atoms with van der Waals surface area (Å²) in [5, 5.41) is 12.5. The summed E-state index contributed by atoms with van der Waals surface area (Å²) in [4.78, 5) is 24.2. The van der Waals surface area contributed by atoms with Gasteiger partial charge in [0, 0.05) is 18.7 Å². The van der Waals surface area contributed by atoms with E-state index in [1.165, 1.54) is 11.8 Å². The van der Waals surface area contributed by atoms with Crippen molar-refractivity contribution in [1.82, 2.24) is 5.32 Å². The standard InChI is InChI=1S/C21H27NO4S/c1-4-9-18(5-2)26-13-12-22-20(16-10-7-6-8-11-16)19(23)14-17(15-27-3)21(24)25/h4-11,17,20,22H,1-2,12-15H2,3H3,(H,24,25)/b18-9+/t17-,20+/m0/s1. The van der Waals surface area contributed by atoms with E-state index in [0.29, 0.717) is 24.7 Å². The molecule has 1 rings (SSSR count). The molecule has 0 saturated carbocycles. The molecule has 0 fully saturated rings. The molecule has 1 aromatic rings. The quantitative estimate of drug-likeness (QED) is 0.288. The summed E-state index contributed by atoms with van der Waals surface area (Å²) >= 11 is 1.42. The van der Waals surface area contributed by atoms with Crippen LogP contribution in [0.4, 0.5) is 0 Å². The fourth-order valence-corrected chi connectivity index (χ4v) is 3.17. The summed E-state index contributed by atoms with van der Waals surface area (Å²) in [5.74, 6) is -0.785. The molecule has 0 bridgehead atoms. The van der Waals surface area contributed by atoms with E-state index in [4.69, 9.17) is 4.74 Å². The first-order chi connectivity index (χ1) is 13.0. The monoisotopic (exact) mass is 389 g/mol. The molecule has 0 aromatic heterocycles. The largest absolute Gasteiger partial charge is 0.492 e. The van der Waals surface area contributed by atoms with Crippen LogP contribution in [0.3, 0.4) is 0 Å². The number of allylic oxidation sites excluding steroid dienone is 3. The Kier molecular flexibility index (Phi) is 10.9. The van der Waals surface area contributed by atoms with Gasteiger partial charge in [0.15, 0.2) is 5.78 Å². The fraction of sp³-hybridized carbons (Fsp3) is 0.333. The molecule has 0 amide bonds. The topological polar surface area (TPSA) is 75.6 Å². The van der Waals surface area contributed by atoms with Crippen LogP contribution in [0.2, 0.25) is 0 Å². The van der Waals surface area contributed by atoms with Crippen LogP contribution < -0.4 is 5.32 Å². The first-order valence-electron chi connectivity index (χ1n) is 8.64. The molecule has 0 spiro atoms. The second kappa shape index (κ2) is 12.9. The van der Waals surface area contributed by atoms with Crippen molar-refractivity contribution in [2.45, 2.75) is 12.5 Å². The maximum absolute atomic E-state index is 12.8. The molecule has 0 aliphatic heterocycles. The Morgan fingerprint density at radius 1 is 1.30 bits per heavy atom.